The summed E-state index contributed by atoms with van der Waals surface area (Å²) in [6, 6.07) is 9.52. The van der Waals surface area contributed by atoms with Crippen molar-refractivity contribution in [3.05, 3.63) is 46.2 Å². The number of rotatable bonds is 3. The first-order valence-electron chi connectivity index (χ1n) is 6.47. The number of carbonyl (C=O) groups is 1. The summed E-state index contributed by atoms with van der Waals surface area (Å²) in [5.41, 5.74) is 7.87. The third-order valence-electron chi connectivity index (χ3n) is 2.82. The van der Waals surface area contributed by atoms with Gasteiger partial charge in [-0.2, -0.15) is 0 Å². The number of hydrogen-bond acceptors (Lipinski definition) is 4. The minimum absolute atomic E-state index is 0.151. The average molecular weight is 299 g/mol. The lowest BCUT2D eigenvalue weighted by atomic mass is 10.2. The van der Waals surface area contributed by atoms with Gasteiger partial charge in [0.15, 0.2) is 0 Å². The summed E-state index contributed by atoms with van der Waals surface area (Å²) in [6.45, 7) is 0.280. The van der Waals surface area contributed by atoms with Crippen molar-refractivity contribution in [1.82, 2.24) is 0 Å². The van der Waals surface area contributed by atoms with E-state index in [0.717, 1.165) is 11.4 Å². The predicted octanol–water partition coefficient (Wildman–Crippen LogP) is 2.38. The number of carbonyl (C=O) groups excluding carboxylic acids is 1. The van der Waals surface area contributed by atoms with Crippen LogP contribution in [0.25, 0.3) is 0 Å². The first kappa shape index (κ1) is 15.1. The summed E-state index contributed by atoms with van der Waals surface area (Å²) in [7, 11) is 3.92. The van der Waals surface area contributed by atoms with Crippen LogP contribution in [0.1, 0.15) is 15.2 Å². The maximum atomic E-state index is 12.3. The van der Waals surface area contributed by atoms with Gasteiger partial charge in [0.25, 0.3) is 5.91 Å². The van der Waals surface area contributed by atoms with Gasteiger partial charge in [-0.25, -0.2) is 0 Å². The Labute approximate surface area is 128 Å². The highest BCUT2D eigenvalue weighted by atomic mass is 32.1. The minimum Gasteiger partial charge on any atom is -0.378 e. The van der Waals surface area contributed by atoms with E-state index in [1.165, 1.54) is 11.3 Å². The van der Waals surface area contributed by atoms with E-state index in [4.69, 9.17) is 5.73 Å². The number of hydrogen-bond donors (Lipinski definition) is 2. The molecule has 1 heterocycles. The molecule has 0 radical (unpaired) electrons. The topological polar surface area (TPSA) is 58.4 Å². The maximum absolute atomic E-state index is 12.3. The van der Waals surface area contributed by atoms with E-state index in [9.17, 15) is 4.79 Å². The molecule has 1 aromatic carbocycles. The zero-order chi connectivity index (χ0) is 15.2. The third-order valence-corrected chi connectivity index (χ3v) is 3.73. The zero-order valence-electron chi connectivity index (χ0n) is 12.0. The Balaban J connectivity index is 2.19. The van der Waals surface area contributed by atoms with Crippen LogP contribution in [0.2, 0.25) is 0 Å². The fourth-order valence-corrected chi connectivity index (χ4v) is 2.52. The fraction of sp³-hybridized carbons (Fsp3) is 0.188. The van der Waals surface area contributed by atoms with Gasteiger partial charge in [0.2, 0.25) is 0 Å². The number of nitrogens with zero attached hydrogens (tertiary/aromatic N) is 1. The second kappa shape index (κ2) is 6.93. The molecule has 2 aromatic rings. The standard InChI is InChI=1S/C16H17N3OS/c1-19(2)14-7-3-6-13(11-14)18-16(20)15-12(5-4-9-17)8-10-21-15/h3,6-8,10-11H,9,17H2,1-2H3,(H,18,20). The first-order chi connectivity index (χ1) is 10.1. The number of thiophene rings is 1. The largest absolute Gasteiger partial charge is 0.378 e. The summed E-state index contributed by atoms with van der Waals surface area (Å²) in [4.78, 5) is 14.9. The Kier molecular flexibility index (Phi) is 4.99. The monoisotopic (exact) mass is 299 g/mol. The van der Waals surface area contributed by atoms with Gasteiger partial charge in [0, 0.05) is 31.0 Å². The molecule has 1 amide bonds. The van der Waals surface area contributed by atoms with Crippen LogP contribution in [0, 0.1) is 11.8 Å². The van der Waals surface area contributed by atoms with Gasteiger partial charge in [0.05, 0.1) is 6.54 Å². The van der Waals surface area contributed by atoms with Crippen molar-refractivity contribution in [1.29, 1.82) is 0 Å². The Morgan fingerprint density at radius 2 is 2.19 bits per heavy atom. The minimum atomic E-state index is -0.151. The highest BCUT2D eigenvalue weighted by molar-refractivity contribution is 7.12. The van der Waals surface area contributed by atoms with Crippen LogP contribution in [0.15, 0.2) is 35.7 Å². The second-order valence-corrected chi connectivity index (χ2v) is 5.48. The number of benzene rings is 1. The van der Waals surface area contributed by atoms with Crippen molar-refractivity contribution >= 4 is 28.6 Å². The van der Waals surface area contributed by atoms with Gasteiger partial charge in [-0.1, -0.05) is 17.9 Å². The van der Waals surface area contributed by atoms with Crippen LogP contribution in [-0.2, 0) is 0 Å². The Bertz CT molecular complexity index is 695. The lowest BCUT2D eigenvalue weighted by Gasteiger charge is -2.13. The summed E-state index contributed by atoms with van der Waals surface area (Å²) < 4.78 is 0. The first-order valence-corrected chi connectivity index (χ1v) is 7.35. The molecule has 5 heteroatoms. The van der Waals surface area contributed by atoms with Crippen LogP contribution in [0.5, 0.6) is 0 Å². The molecular weight excluding hydrogens is 282 g/mol. The van der Waals surface area contributed by atoms with Crippen molar-refractivity contribution in [3.63, 3.8) is 0 Å². The van der Waals surface area contributed by atoms with Crippen LogP contribution in [0.3, 0.4) is 0 Å². The van der Waals surface area contributed by atoms with Gasteiger partial charge in [0.1, 0.15) is 4.88 Å². The van der Waals surface area contributed by atoms with E-state index in [1.54, 1.807) is 0 Å². The molecule has 0 fully saturated rings. The van der Waals surface area contributed by atoms with Crippen LogP contribution >= 0.6 is 11.3 Å². The van der Waals surface area contributed by atoms with E-state index < -0.39 is 0 Å². The van der Waals surface area contributed by atoms with E-state index in [0.29, 0.717) is 10.4 Å². The van der Waals surface area contributed by atoms with E-state index in [-0.39, 0.29) is 12.5 Å². The summed E-state index contributed by atoms with van der Waals surface area (Å²) in [6.07, 6.45) is 0. The second-order valence-electron chi connectivity index (χ2n) is 4.57. The maximum Gasteiger partial charge on any atom is 0.267 e. The molecule has 2 rings (SSSR count). The quantitative estimate of drug-likeness (QED) is 0.856. The summed E-state index contributed by atoms with van der Waals surface area (Å²) >= 11 is 1.37. The molecule has 1 aromatic heterocycles. The Morgan fingerprint density at radius 3 is 2.90 bits per heavy atom. The molecule has 4 nitrogen and oxygen atoms in total. The number of nitrogens with one attached hydrogen (secondary N) is 1. The molecule has 3 N–H and O–H groups in total. The van der Waals surface area contributed by atoms with E-state index in [1.807, 2.05) is 54.7 Å². The molecule has 0 bridgehead atoms. The fourth-order valence-electron chi connectivity index (χ4n) is 1.78. The van der Waals surface area contributed by atoms with Gasteiger partial charge < -0.3 is 16.0 Å². The van der Waals surface area contributed by atoms with Crippen LogP contribution in [-0.4, -0.2) is 26.5 Å². The molecule has 21 heavy (non-hydrogen) atoms. The van der Waals surface area contributed by atoms with Gasteiger partial charge in [-0.3, -0.25) is 4.79 Å². The smallest absolute Gasteiger partial charge is 0.267 e. The highest BCUT2D eigenvalue weighted by Crippen LogP contribution is 2.21. The van der Waals surface area contributed by atoms with Crippen molar-refractivity contribution < 1.29 is 4.79 Å². The van der Waals surface area contributed by atoms with Crippen molar-refractivity contribution in [2.75, 3.05) is 30.9 Å². The molecular formula is C16H17N3OS. The molecule has 0 unspecified atom stereocenters. The molecule has 0 aliphatic rings. The molecule has 0 spiro atoms. The number of anilines is 2. The zero-order valence-corrected chi connectivity index (χ0v) is 12.8. The lowest BCUT2D eigenvalue weighted by Crippen LogP contribution is -2.13. The van der Waals surface area contributed by atoms with Crippen molar-refractivity contribution in [2.45, 2.75) is 0 Å². The van der Waals surface area contributed by atoms with Gasteiger partial charge >= 0.3 is 0 Å². The average Bonchev–Trinajstić information content (AvgIpc) is 2.93. The summed E-state index contributed by atoms with van der Waals surface area (Å²) in [5.74, 6) is 5.54. The molecule has 0 aliphatic carbocycles. The van der Waals surface area contributed by atoms with E-state index >= 15 is 0 Å². The van der Waals surface area contributed by atoms with E-state index in [2.05, 4.69) is 17.2 Å². The lowest BCUT2D eigenvalue weighted by molar-refractivity contribution is 0.103. The molecule has 108 valence electrons. The Morgan fingerprint density at radius 1 is 1.38 bits per heavy atom. The number of nitrogens with two attached hydrogens (primary N) is 1. The highest BCUT2D eigenvalue weighted by Gasteiger charge is 2.12. The summed E-state index contributed by atoms with van der Waals surface area (Å²) in [5, 5.41) is 4.76. The molecule has 0 saturated carbocycles. The van der Waals surface area contributed by atoms with Crippen molar-refractivity contribution in [2.24, 2.45) is 5.73 Å². The molecule has 0 aliphatic heterocycles. The van der Waals surface area contributed by atoms with Gasteiger partial charge in [-0.05, 0) is 29.6 Å². The normalized spacial score (nSPS) is 9.67. The SMILES string of the molecule is CN(C)c1cccc(NC(=O)c2sccc2C#CCN)c1. The molecule has 0 atom stereocenters. The van der Waals surface area contributed by atoms with Gasteiger partial charge in [-0.15, -0.1) is 11.3 Å². The third kappa shape index (κ3) is 3.85. The number of amides is 1. The molecule has 0 saturated heterocycles. The Hall–Kier alpha value is -2.29. The van der Waals surface area contributed by atoms with Crippen LogP contribution < -0.4 is 16.0 Å². The predicted molar refractivity (Wildman–Crippen MR) is 89.0 cm³/mol. The van der Waals surface area contributed by atoms with Crippen LogP contribution in [0.4, 0.5) is 11.4 Å². The van der Waals surface area contributed by atoms with Crippen molar-refractivity contribution in [3.8, 4) is 11.8 Å².